The Hall–Kier alpha value is -4.96. The smallest absolute Gasteiger partial charge is 0.344 e. The molecular formula is C29H22N2O5. The largest absolute Gasteiger partial charge is 0.493 e. The Bertz CT molecular complexity index is 1560. The molecule has 1 aliphatic heterocycles. The highest BCUT2D eigenvalue weighted by atomic mass is 16.5. The second kappa shape index (κ2) is 9.35. The molecule has 0 fully saturated rings. The molecule has 7 heteroatoms. The Kier molecular flexibility index (Phi) is 5.93. The van der Waals surface area contributed by atoms with E-state index in [0.29, 0.717) is 33.9 Å². The average Bonchev–Trinajstić information content (AvgIpc) is 2.91. The van der Waals surface area contributed by atoms with Crippen LogP contribution in [0.5, 0.6) is 23.0 Å². The van der Waals surface area contributed by atoms with Crippen molar-refractivity contribution in [1.82, 2.24) is 0 Å². The Labute approximate surface area is 207 Å². The molecule has 1 heterocycles. The molecule has 4 aromatic rings. The molecule has 1 aliphatic rings. The van der Waals surface area contributed by atoms with E-state index in [1.165, 1.54) is 7.11 Å². The van der Waals surface area contributed by atoms with Crippen molar-refractivity contribution in [1.29, 1.82) is 5.26 Å². The Morgan fingerprint density at radius 2 is 1.72 bits per heavy atom. The van der Waals surface area contributed by atoms with E-state index in [0.717, 1.165) is 10.8 Å². The molecule has 0 saturated heterocycles. The minimum absolute atomic E-state index is 0.0302. The summed E-state index contributed by atoms with van der Waals surface area (Å²) in [6.45, 7) is 0. The first-order chi connectivity index (χ1) is 17.5. The molecular weight excluding hydrogens is 456 g/mol. The quantitative estimate of drug-likeness (QED) is 0.307. The van der Waals surface area contributed by atoms with Crippen LogP contribution in [0.15, 0.2) is 90.3 Å². The second-order valence-corrected chi connectivity index (χ2v) is 8.12. The fourth-order valence-corrected chi connectivity index (χ4v) is 4.52. The third kappa shape index (κ3) is 3.85. The van der Waals surface area contributed by atoms with E-state index in [-0.39, 0.29) is 17.2 Å². The molecule has 0 bridgehead atoms. The third-order valence-corrected chi connectivity index (χ3v) is 6.16. The van der Waals surface area contributed by atoms with Gasteiger partial charge in [-0.2, -0.15) is 5.26 Å². The Morgan fingerprint density at radius 1 is 0.944 bits per heavy atom. The zero-order valence-electron chi connectivity index (χ0n) is 19.6. The number of carbonyl (C=O) groups excluding carboxylic acids is 1. The maximum Gasteiger partial charge on any atom is 0.344 e. The standard InChI is InChI=1S/C29H22N2O5/c1-33-24-12-6-11-22(27(24)34-2)26-21-14-13-18(15-25(21)36-28(31)23(26)16-30)35-29(32)20-10-5-8-17-7-3-4-9-19(17)20/h3-15,26H,31H2,1-2H3. The van der Waals surface area contributed by atoms with Gasteiger partial charge in [0.05, 0.1) is 25.7 Å². The lowest BCUT2D eigenvalue weighted by molar-refractivity contribution is 0.0736. The summed E-state index contributed by atoms with van der Waals surface area (Å²) in [4.78, 5) is 13.0. The summed E-state index contributed by atoms with van der Waals surface area (Å²) in [6, 6.07) is 25.7. The number of carbonyl (C=O) groups is 1. The zero-order valence-corrected chi connectivity index (χ0v) is 19.6. The number of nitriles is 1. The highest BCUT2D eigenvalue weighted by Gasteiger charge is 2.33. The Balaban J connectivity index is 1.54. The fraction of sp³-hybridized carbons (Fsp3) is 0.103. The van der Waals surface area contributed by atoms with Crippen LogP contribution < -0.4 is 24.7 Å². The van der Waals surface area contributed by atoms with Gasteiger partial charge in [-0.3, -0.25) is 0 Å². The molecule has 0 spiro atoms. The van der Waals surface area contributed by atoms with Crippen molar-refractivity contribution in [3.05, 3.63) is 107 Å². The number of para-hydroxylation sites is 1. The van der Waals surface area contributed by atoms with Crippen molar-refractivity contribution >= 4 is 16.7 Å². The number of esters is 1. The van der Waals surface area contributed by atoms with Gasteiger partial charge in [-0.25, -0.2) is 4.79 Å². The first-order valence-electron chi connectivity index (χ1n) is 11.2. The van der Waals surface area contributed by atoms with Gasteiger partial charge in [0, 0.05) is 17.2 Å². The number of hydrogen-bond acceptors (Lipinski definition) is 7. The van der Waals surface area contributed by atoms with Crippen molar-refractivity contribution in [3.8, 4) is 29.1 Å². The summed E-state index contributed by atoms with van der Waals surface area (Å²) >= 11 is 0. The van der Waals surface area contributed by atoms with Gasteiger partial charge in [0.25, 0.3) is 0 Å². The molecule has 0 saturated carbocycles. The topological polar surface area (TPSA) is 104 Å². The van der Waals surface area contributed by atoms with Crippen molar-refractivity contribution in [2.24, 2.45) is 5.73 Å². The molecule has 0 aromatic heterocycles. The summed E-state index contributed by atoms with van der Waals surface area (Å²) in [5.74, 6) is 0.601. The van der Waals surface area contributed by atoms with Crippen molar-refractivity contribution < 1.29 is 23.7 Å². The normalized spacial score (nSPS) is 14.4. The molecule has 4 aromatic carbocycles. The van der Waals surface area contributed by atoms with Gasteiger partial charge in [0.15, 0.2) is 11.5 Å². The van der Waals surface area contributed by atoms with Gasteiger partial charge in [0.2, 0.25) is 5.88 Å². The molecule has 5 rings (SSSR count). The van der Waals surface area contributed by atoms with E-state index in [1.54, 1.807) is 37.4 Å². The zero-order chi connectivity index (χ0) is 25.2. The minimum atomic E-state index is -0.563. The molecule has 7 nitrogen and oxygen atoms in total. The van der Waals surface area contributed by atoms with E-state index in [4.69, 9.17) is 24.7 Å². The first kappa shape index (κ1) is 22.8. The van der Waals surface area contributed by atoms with Gasteiger partial charge < -0.3 is 24.7 Å². The number of methoxy groups -OCH3 is 2. The fourth-order valence-electron chi connectivity index (χ4n) is 4.52. The van der Waals surface area contributed by atoms with Crippen molar-refractivity contribution in [2.75, 3.05) is 14.2 Å². The molecule has 1 atom stereocenters. The minimum Gasteiger partial charge on any atom is -0.493 e. The number of nitrogens with two attached hydrogens (primary N) is 1. The van der Waals surface area contributed by atoms with Crippen LogP contribution in [0.2, 0.25) is 0 Å². The van der Waals surface area contributed by atoms with E-state index in [2.05, 4.69) is 6.07 Å². The van der Waals surface area contributed by atoms with Crippen LogP contribution >= 0.6 is 0 Å². The number of benzene rings is 4. The van der Waals surface area contributed by atoms with Crippen LogP contribution in [-0.2, 0) is 0 Å². The first-order valence-corrected chi connectivity index (χ1v) is 11.2. The molecule has 36 heavy (non-hydrogen) atoms. The van der Waals surface area contributed by atoms with Crippen molar-refractivity contribution in [2.45, 2.75) is 5.92 Å². The predicted octanol–water partition coefficient (Wildman–Crippen LogP) is 5.29. The van der Waals surface area contributed by atoms with E-state index < -0.39 is 11.9 Å². The number of ether oxygens (including phenoxy) is 4. The lowest BCUT2D eigenvalue weighted by Gasteiger charge is -2.28. The summed E-state index contributed by atoms with van der Waals surface area (Å²) in [6.07, 6.45) is 0. The molecule has 2 N–H and O–H groups in total. The SMILES string of the molecule is COc1cccc(C2C(C#N)=C(N)Oc3cc(OC(=O)c4cccc5ccccc45)ccc32)c1OC. The van der Waals surface area contributed by atoms with Crippen LogP contribution in [0.4, 0.5) is 0 Å². The van der Waals surface area contributed by atoms with E-state index in [9.17, 15) is 10.1 Å². The van der Waals surface area contributed by atoms with Gasteiger partial charge in [-0.1, -0.05) is 54.6 Å². The maximum atomic E-state index is 13.0. The summed E-state index contributed by atoms with van der Waals surface area (Å²) in [7, 11) is 3.09. The highest BCUT2D eigenvalue weighted by Crippen LogP contribution is 2.48. The van der Waals surface area contributed by atoms with E-state index >= 15 is 0 Å². The lowest BCUT2D eigenvalue weighted by atomic mass is 9.83. The number of rotatable bonds is 5. The molecule has 0 amide bonds. The van der Waals surface area contributed by atoms with Gasteiger partial charge in [-0.15, -0.1) is 0 Å². The molecule has 1 unspecified atom stereocenters. The van der Waals surface area contributed by atoms with Crippen LogP contribution in [0.25, 0.3) is 10.8 Å². The summed E-state index contributed by atoms with van der Waals surface area (Å²) in [5.41, 5.74) is 8.23. The van der Waals surface area contributed by atoms with Gasteiger partial charge in [0.1, 0.15) is 23.1 Å². The number of allylic oxidation sites excluding steroid dienone is 1. The number of fused-ring (bicyclic) bond motifs is 2. The predicted molar refractivity (Wildman–Crippen MR) is 134 cm³/mol. The lowest BCUT2D eigenvalue weighted by Crippen LogP contribution is -2.21. The monoisotopic (exact) mass is 478 g/mol. The molecule has 0 radical (unpaired) electrons. The van der Waals surface area contributed by atoms with E-state index in [1.807, 2.05) is 48.5 Å². The maximum absolute atomic E-state index is 13.0. The number of hydrogen-bond donors (Lipinski definition) is 1. The Morgan fingerprint density at radius 3 is 2.50 bits per heavy atom. The summed E-state index contributed by atoms with van der Waals surface area (Å²) in [5, 5.41) is 11.6. The van der Waals surface area contributed by atoms with Gasteiger partial charge >= 0.3 is 5.97 Å². The average molecular weight is 479 g/mol. The molecule has 178 valence electrons. The third-order valence-electron chi connectivity index (χ3n) is 6.16. The highest BCUT2D eigenvalue weighted by molar-refractivity contribution is 6.05. The van der Waals surface area contributed by atoms with Gasteiger partial charge in [-0.05, 0) is 29.0 Å². The second-order valence-electron chi connectivity index (χ2n) is 8.12. The van der Waals surface area contributed by atoms with Crippen LogP contribution in [0, 0.1) is 11.3 Å². The van der Waals surface area contributed by atoms with Crippen LogP contribution in [-0.4, -0.2) is 20.2 Å². The molecule has 0 aliphatic carbocycles. The van der Waals surface area contributed by atoms with Crippen molar-refractivity contribution in [3.63, 3.8) is 0 Å². The van der Waals surface area contributed by atoms with Crippen LogP contribution in [0.1, 0.15) is 27.4 Å². The number of nitrogens with zero attached hydrogens (tertiary/aromatic N) is 1. The van der Waals surface area contributed by atoms with Crippen LogP contribution in [0.3, 0.4) is 0 Å². The summed E-state index contributed by atoms with van der Waals surface area (Å²) < 4.78 is 22.5.